The summed E-state index contributed by atoms with van der Waals surface area (Å²) in [5.41, 5.74) is 2.46. The van der Waals surface area contributed by atoms with E-state index in [4.69, 9.17) is 0 Å². The third-order valence-corrected chi connectivity index (χ3v) is 4.72. The third kappa shape index (κ3) is 6.02. The van der Waals surface area contributed by atoms with Gasteiger partial charge in [-0.15, -0.1) is 11.3 Å². The van der Waals surface area contributed by atoms with Gasteiger partial charge in [0.2, 0.25) is 0 Å². The molecule has 5 heteroatoms. The molecule has 0 spiro atoms. The van der Waals surface area contributed by atoms with Gasteiger partial charge in [0, 0.05) is 37.6 Å². The molecule has 0 saturated carbocycles. The van der Waals surface area contributed by atoms with E-state index in [1.165, 1.54) is 10.6 Å². The second-order valence-electron chi connectivity index (χ2n) is 5.68. The van der Waals surface area contributed by atoms with Gasteiger partial charge in [0.25, 0.3) is 0 Å². The van der Waals surface area contributed by atoms with Crippen molar-refractivity contribution in [3.05, 3.63) is 52.0 Å². The van der Waals surface area contributed by atoms with E-state index in [9.17, 15) is 0 Å². The molecule has 0 amide bonds. The van der Waals surface area contributed by atoms with E-state index in [0.717, 1.165) is 37.6 Å². The fraction of sp³-hybridized carbons (Fsp3) is 0.444. The monoisotopic (exact) mass is 330 g/mol. The van der Waals surface area contributed by atoms with Gasteiger partial charge < -0.3 is 10.6 Å². The molecular formula is C18H26N4S. The van der Waals surface area contributed by atoms with Crippen LogP contribution in [0, 0.1) is 6.92 Å². The van der Waals surface area contributed by atoms with Crippen molar-refractivity contribution in [1.29, 1.82) is 0 Å². The minimum absolute atomic E-state index is 0.452. The number of benzene rings is 1. The Bertz CT molecular complexity index is 606. The van der Waals surface area contributed by atoms with Gasteiger partial charge in [-0.1, -0.05) is 37.3 Å². The fourth-order valence-corrected chi connectivity index (χ4v) is 3.15. The Labute approximate surface area is 143 Å². The number of hydrogen-bond acceptors (Lipinski definition) is 3. The van der Waals surface area contributed by atoms with Crippen molar-refractivity contribution in [2.75, 3.05) is 20.1 Å². The van der Waals surface area contributed by atoms with Crippen LogP contribution in [0.1, 0.15) is 35.5 Å². The lowest BCUT2D eigenvalue weighted by Crippen LogP contribution is -2.39. The van der Waals surface area contributed by atoms with Crippen LogP contribution in [0.2, 0.25) is 0 Å². The highest BCUT2D eigenvalue weighted by molar-refractivity contribution is 7.09. The van der Waals surface area contributed by atoms with Crippen LogP contribution >= 0.6 is 11.3 Å². The summed E-state index contributed by atoms with van der Waals surface area (Å²) in [5, 5.41) is 10.1. The molecular weight excluding hydrogens is 304 g/mol. The Balaban J connectivity index is 1.67. The summed E-state index contributed by atoms with van der Waals surface area (Å²) < 4.78 is 0. The van der Waals surface area contributed by atoms with Gasteiger partial charge in [-0.05, 0) is 24.8 Å². The number of hydrogen-bond donors (Lipinski definition) is 2. The van der Waals surface area contributed by atoms with Gasteiger partial charge >= 0.3 is 0 Å². The molecule has 0 aliphatic carbocycles. The van der Waals surface area contributed by atoms with Crippen LogP contribution in [0.25, 0.3) is 0 Å². The van der Waals surface area contributed by atoms with Gasteiger partial charge in [0.15, 0.2) is 5.96 Å². The Kier molecular flexibility index (Phi) is 7.07. The minimum atomic E-state index is 0.452. The highest BCUT2D eigenvalue weighted by atomic mass is 32.1. The van der Waals surface area contributed by atoms with Gasteiger partial charge in [-0.25, -0.2) is 4.98 Å². The van der Waals surface area contributed by atoms with Crippen LogP contribution in [0.15, 0.2) is 40.7 Å². The number of aromatic nitrogens is 1. The summed E-state index contributed by atoms with van der Waals surface area (Å²) in [6.07, 6.45) is 2.07. The van der Waals surface area contributed by atoms with Crippen LogP contribution in [-0.2, 0) is 6.42 Å². The van der Waals surface area contributed by atoms with Gasteiger partial charge in [-0.2, -0.15) is 0 Å². The van der Waals surface area contributed by atoms with Gasteiger partial charge in [0.05, 0.1) is 5.01 Å². The first kappa shape index (κ1) is 17.5. The molecule has 1 atom stereocenters. The Hall–Kier alpha value is -1.88. The Morgan fingerprint density at radius 2 is 2.04 bits per heavy atom. The maximum atomic E-state index is 4.49. The molecule has 124 valence electrons. The van der Waals surface area contributed by atoms with E-state index >= 15 is 0 Å². The normalized spacial score (nSPS) is 12.9. The molecule has 2 aromatic rings. The largest absolute Gasteiger partial charge is 0.356 e. The molecule has 0 saturated heterocycles. The molecule has 1 heterocycles. The molecule has 4 nitrogen and oxygen atoms in total. The molecule has 0 aliphatic rings. The number of guanidine groups is 1. The number of nitrogens with one attached hydrogen (secondary N) is 2. The van der Waals surface area contributed by atoms with Crippen molar-refractivity contribution in [2.45, 2.75) is 32.6 Å². The minimum Gasteiger partial charge on any atom is -0.356 e. The summed E-state index contributed by atoms with van der Waals surface area (Å²) in [6.45, 7) is 6.03. The summed E-state index contributed by atoms with van der Waals surface area (Å²) >= 11 is 1.74. The molecule has 0 bridgehead atoms. The molecule has 2 N–H and O–H groups in total. The number of nitrogens with zero attached hydrogens (tertiary/aromatic N) is 2. The molecule has 1 aromatic heterocycles. The molecule has 2 rings (SSSR count). The van der Waals surface area contributed by atoms with E-state index in [1.54, 1.807) is 11.3 Å². The SMILES string of the molecule is CN=C(NCCCc1nc(C)cs1)NCC(C)c1ccccc1. The first-order valence-electron chi connectivity index (χ1n) is 8.09. The molecule has 1 unspecified atom stereocenters. The smallest absolute Gasteiger partial charge is 0.190 e. The lowest BCUT2D eigenvalue weighted by atomic mass is 10.0. The van der Waals surface area contributed by atoms with Gasteiger partial charge in [-0.3, -0.25) is 4.99 Å². The average Bonchev–Trinajstić information content (AvgIpc) is 3.00. The van der Waals surface area contributed by atoms with Crippen LogP contribution in [0.4, 0.5) is 0 Å². The summed E-state index contributed by atoms with van der Waals surface area (Å²) in [5.74, 6) is 1.32. The maximum absolute atomic E-state index is 4.49. The van der Waals surface area contributed by atoms with Crippen LogP contribution in [0.3, 0.4) is 0 Å². The van der Waals surface area contributed by atoms with Crippen molar-refractivity contribution in [3.63, 3.8) is 0 Å². The number of aryl methyl sites for hydroxylation is 2. The zero-order chi connectivity index (χ0) is 16.5. The fourth-order valence-electron chi connectivity index (χ4n) is 2.33. The van der Waals surface area contributed by atoms with Crippen molar-refractivity contribution < 1.29 is 0 Å². The Morgan fingerprint density at radius 1 is 1.26 bits per heavy atom. The van der Waals surface area contributed by atoms with Crippen molar-refractivity contribution >= 4 is 17.3 Å². The first-order valence-corrected chi connectivity index (χ1v) is 8.97. The zero-order valence-corrected chi connectivity index (χ0v) is 15.0. The highest BCUT2D eigenvalue weighted by Gasteiger charge is 2.06. The highest BCUT2D eigenvalue weighted by Crippen LogP contribution is 2.13. The van der Waals surface area contributed by atoms with Gasteiger partial charge in [0.1, 0.15) is 0 Å². The number of aliphatic imine (C=N–C) groups is 1. The lowest BCUT2D eigenvalue weighted by molar-refractivity contribution is 0.688. The predicted octanol–water partition coefficient (Wildman–Crippen LogP) is 3.35. The van der Waals surface area contributed by atoms with Crippen molar-refractivity contribution in [1.82, 2.24) is 15.6 Å². The summed E-state index contributed by atoms with van der Waals surface area (Å²) in [4.78, 5) is 8.77. The average molecular weight is 331 g/mol. The van der Waals surface area contributed by atoms with E-state index in [-0.39, 0.29) is 0 Å². The molecule has 0 fully saturated rings. The van der Waals surface area contributed by atoms with E-state index < -0.39 is 0 Å². The van der Waals surface area contributed by atoms with Crippen molar-refractivity contribution in [3.8, 4) is 0 Å². The first-order chi connectivity index (χ1) is 11.2. The van der Waals surface area contributed by atoms with Crippen molar-refractivity contribution in [2.24, 2.45) is 4.99 Å². The van der Waals surface area contributed by atoms with E-state index in [1.807, 2.05) is 20.0 Å². The summed E-state index contributed by atoms with van der Waals surface area (Å²) in [7, 11) is 1.81. The predicted molar refractivity (Wildman–Crippen MR) is 99.4 cm³/mol. The second-order valence-corrected chi connectivity index (χ2v) is 6.62. The molecule has 1 aromatic carbocycles. The van der Waals surface area contributed by atoms with E-state index in [2.05, 4.69) is 57.2 Å². The van der Waals surface area contributed by atoms with Crippen LogP contribution in [-0.4, -0.2) is 31.1 Å². The maximum Gasteiger partial charge on any atom is 0.190 e. The molecule has 0 aliphatic heterocycles. The standard InChI is InChI=1S/C18H26N4S/c1-14(16-8-5-4-6-9-16)12-21-18(19-3)20-11-7-10-17-22-15(2)13-23-17/h4-6,8-9,13-14H,7,10-12H2,1-3H3,(H2,19,20,21). The Morgan fingerprint density at radius 3 is 2.70 bits per heavy atom. The number of thiazole rings is 1. The summed E-state index contributed by atoms with van der Waals surface area (Å²) in [6, 6.07) is 10.5. The quantitative estimate of drug-likeness (QED) is 0.465. The lowest BCUT2D eigenvalue weighted by Gasteiger charge is -2.16. The topological polar surface area (TPSA) is 49.3 Å². The number of rotatable bonds is 7. The van der Waals surface area contributed by atoms with E-state index in [0.29, 0.717) is 5.92 Å². The third-order valence-electron chi connectivity index (χ3n) is 3.69. The molecule has 23 heavy (non-hydrogen) atoms. The van der Waals surface area contributed by atoms with Crippen LogP contribution < -0.4 is 10.6 Å². The molecule has 0 radical (unpaired) electrons. The zero-order valence-electron chi connectivity index (χ0n) is 14.2. The second kappa shape index (κ2) is 9.30. The van der Waals surface area contributed by atoms with Crippen LogP contribution in [0.5, 0.6) is 0 Å².